The molecule has 2 aromatic heterocycles. The van der Waals surface area contributed by atoms with E-state index >= 15 is 0 Å². The Bertz CT molecular complexity index is 3620. The van der Waals surface area contributed by atoms with Crippen molar-refractivity contribution in [1.29, 1.82) is 0 Å². The summed E-state index contributed by atoms with van der Waals surface area (Å²) in [6.07, 6.45) is -3.72. The number of carbonyl (C=O) groups is 2. The average Bonchev–Trinajstić information content (AvgIpc) is 4.08. The number of terminal acetylenes is 1. The first-order valence-corrected chi connectivity index (χ1v) is 27.1. The van der Waals surface area contributed by atoms with Crippen LogP contribution in [0.1, 0.15) is 73.5 Å². The number of nitrogen functional groups attached to an aromatic ring is 2. The lowest BCUT2D eigenvalue weighted by Crippen LogP contribution is -2.45. The Hall–Kier alpha value is -7.93. The number of aromatic nitrogens is 4. The zero-order valence-corrected chi connectivity index (χ0v) is 46.6. The Morgan fingerprint density at radius 2 is 1.01 bits per heavy atom. The molecule has 2 fully saturated rings. The van der Waals surface area contributed by atoms with E-state index in [1.165, 1.54) is 30.3 Å². The quantitative estimate of drug-likeness (QED) is 0.0438. The van der Waals surface area contributed by atoms with Crippen LogP contribution in [-0.4, -0.2) is 117 Å². The van der Waals surface area contributed by atoms with E-state index in [4.69, 9.17) is 17.9 Å². The minimum atomic E-state index is -4.54. The van der Waals surface area contributed by atoms with Crippen LogP contribution in [0.5, 0.6) is 0 Å². The van der Waals surface area contributed by atoms with Crippen LogP contribution in [0, 0.1) is 27.8 Å². The van der Waals surface area contributed by atoms with Crippen molar-refractivity contribution < 1.29 is 35.9 Å². The highest BCUT2D eigenvalue weighted by Crippen LogP contribution is 2.36. The molecule has 14 nitrogen and oxygen atoms in total. The number of H-pyrrole nitrogens is 2. The summed E-state index contributed by atoms with van der Waals surface area (Å²) in [4.78, 5) is 34.0. The molecule has 0 spiro atoms. The maximum atomic E-state index is 14.0. The van der Waals surface area contributed by atoms with E-state index in [2.05, 4.69) is 95.0 Å². The molecule has 0 saturated carbocycles. The summed E-state index contributed by atoms with van der Waals surface area (Å²) in [5.41, 5.74) is 14.8. The van der Waals surface area contributed by atoms with Crippen molar-refractivity contribution in [1.82, 2.24) is 40.0 Å². The second-order valence-corrected chi connectivity index (χ2v) is 20.4. The molecule has 8 N–H and O–H groups in total. The standard InChI is InChI=1S/C30H29F3N6O.C23H24F3N3O.C7H6IN3/c1-2-38-13-15-39(16-14-38)19-23-11-12-24(18-25(23)30(31,32)33)35-29(40)22-7-3-5-20(17-22)9-10-21-6-4-8-26-27(21)28(34)37-36-26;1-3-17-6-5-7-18(14-17)22(30)27-20-9-8-19(21(15-20)23(24,25)26)16-29-12-10-28(4-2)11-13-29;8-4-2-1-3-5-6(4)7(9)11-10-5/h3-8,11-12,17-18H,2,13-16,19H2,1H3,(H,35,40)(H3,34,36,37);1,5-9,14-15H,4,10-13,16H2,2H3,(H,27,30);1-3H,(H3,9,10,11). The van der Waals surface area contributed by atoms with Crippen LogP contribution in [0.4, 0.5) is 49.4 Å². The van der Waals surface area contributed by atoms with Gasteiger partial charge in [0.25, 0.3) is 11.8 Å². The first-order chi connectivity index (χ1) is 38.8. The highest BCUT2D eigenvalue weighted by molar-refractivity contribution is 14.1. The number of anilines is 4. The zero-order valence-electron chi connectivity index (χ0n) is 44.4. The van der Waals surface area contributed by atoms with Gasteiger partial charge in [-0.05, 0) is 132 Å². The Labute approximate surface area is 478 Å². The summed E-state index contributed by atoms with van der Waals surface area (Å²) in [5, 5.41) is 20.5. The van der Waals surface area contributed by atoms with Crippen LogP contribution in [0.25, 0.3) is 21.8 Å². The highest BCUT2D eigenvalue weighted by atomic mass is 127. The van der Waals surface area contributed by atoms with Crippen LogP contribution in [-0.2, 0) is 25.4 Å². The number of nitrogens with one attached hydrogen (secondary N) is 4. The van der Waals surface area contributed by atoms with Crippen molar-refractivity contribution in [3.8, 4) is 24.2 Å². The average molecular weight is 1220 g/mol. The molecule has 0 radical (unpaired) electrons. The van der Waals surface area contributed by atoms with Gasteiger partial charge in [-0.2, -0.15) is 36.5 Å². The molecule has 420 valence electrons. The van der Waals surface area contributed by atoms with Gasteiger partial charge in [0.2, 0.25) is 0 Å². The van der Waals surface area contributed by atoms with Gasteiger partial charge < -0.3 is 31.9 Å². The van der Waals surface area contributed by atoms with E-state index in [0.29, 0.717) is 41.4 Å². The summed E-state index contributed by atoms with van der Waals surface area (Å²) in [6, 6.07) is 32.4. The first kappa shape index (κ1) is 59.2. The van der Waals surface area contributed by atoms with Crippen molar-refractivity contribution in [2.45, 2.75) is 39.3 Å². The van der Waals surface area contributed by atoms with E-state index in [1.54, 1.807) is 42.5 Å². The number of amides is 2. The molecule has 0 unspecified atom stereocenters. The van der Waals surface area contributed by atoms with Crippen molar-refractivity contribution in [3.63, 3.8) is 0 Å². The number of likely N-dealkylation sites (N-methyl/N-ethyl adjacent to an activating group) is 2. The molecule has 4 heterocycles. The number of rotatable bonds is 10. The number of benzene rings is 6. The van der Waals surface area contributed by atoms with Gasteiger partial charge in [-0.1, -0.05) is 68.0 Å². The molecule has 10 rings (SSSR count). The molecule has 2 aliphatic rings. The van der Waals surface area contributed by atoms with Gasteiger partial charge in [0.05, 0.1) is 32.9 Å². The summed E-state index contributed by atoms with van der Waals surface area (Å²) in [5.74, 6) is 8.40. The highest BCUT2D eigenvalue weighted by Gasteiger charge is 2.36. The molecular weight excluding hydrogens is 1160 g/mol. The summed E-state index contributed by atoms with van der Waals surface area (Å²) in [6.45, 7) is 12.7. The Morgan fingerprint density at radius 1 is 0.580 bits per heavy atom. The predicted octanol–water partition coefficient (Wildman–Crippen LogP) is 10.8. The third kappa shape index (κ3) is 15.5. The van der Waals surface area contributed by atoms with E-state index in [1.807, 2.05) is 46.2 Å². The van der Waals surface area contributed by atoms with Gasteiger partial charge in [-0.3, -0.25) is 29.6 Å². The lowest BCUT2D eigenvalue weighted by molar-refractivity contribution is -0.139. The van der Waals surface area contributed by atoms with Crippen molar-refractivity contribution >= 4 is 79.2 Å². The first-order valence-electron chi connectivity index (χ1n) is 26.0. The number of alkyl halides is 6. The fourth-order valence-electron chi connectivity index (χ4n) is 9.41. The largest absolute Gasteiger partial charge is 0.416 e. The van der Waals surface area contributed by atoms with Gasteiger partial charge >= 0.3 is 12.4 Å². The number of hydrogen-bond donors (Lipinski definition) is 6. The fraction of sp³-hybridized carbons (Fsp3) is 0.267. The molecule has 21 heteroatoms. The Balaban J connectivity index is 0.000000183. The topological polar surface area (TPSA) is 181 Å². The SMILES string of the molecule is C#Cc1cccc(C(=O)Nc2ccc(CN3CCN(CC)CC3)c(C(F)(F)F)c2)c1.CCN1CCN(Cc2ccc(NC(=O)c3cccc(C#Cc4cccc5[nH]nc(N)c45)c3)cc2C(F)(F)F)CC1.Nc1n[nH]c2cccc(I)c12. The van der Waals surface area contributed by atoms with Gasteiger partial charge in [-0.25, -0.2) is 0 Å². The van der Waals surface area contributed by atoms with Gasteiger partial charge in [0.1, 0.15) is 0 Å². The van der Waals surface area contributed by atoms with Crippen molar-refractivity contribution in [2.75, 3.05) is 87.5 Å². The van der Waals surface area contributed by atoms with E-state index in [9.17, 15) is 35.9 Å². The number of nitrogens with zero attached hydrogens (tertiary/aromatic N) is 6. The van der Waals surface area contributed by atoms with E-state index in [-0.39, 0.29) is 46.7 Å². The molecular formula is C60H59F6IN12O2. The monoisotopic (exact) mass is 1220 g/mol. The molecule has 2 saturated heterocycles. The fourth-order valence-corrected chi connectivity index (χ4v) is 10.2. The summed E-state index contributed by atoms with van der Waals surface area (Å²) < 4.78 is 84.1. The van der Waals surface area contributed by atoms with Crippen LogP contribution >= 0.6 is 22.6 Å². The molecule has 6 aromatic carbocycles. The van der Waals surface area contributed by atoms with Gasteiger partial charge in [-0.15, -0.1) is 6.42 Å². The number of nitrogens with two attached hydrogens (primary N) is 2. The smallest absolute Gasteiger partial charge is 0.382 e. The Kier molecular flexibility index (Phi) is 19.4. The van der Waals surface area contributed by atoms with Crippen molar-refractivity contribution in [3.05, 3.63) is 175 Å². The van der Waals surface area contributed by atoms with Crippen LogP contribution in [0.2, 0.25) is 0 Å². The molecule has 0 aliphatic carbocycles. The third-order valence-electron chi connectivity index (χ3n) is 13.9. The zero-order chi connectivity index (χ0) is 57.8. The maximum Gasteiger partial charge on any atom is 0.416 e. The van der Waals surface area contributed by atoms with E-state index in [0.717, 1.165) is 89.9 Å². The molecule has 0 atom stereocenters. The van der Waals surface area contributed by atoms with Crippen molar-refractivity contribution in [2.24, 2.45) is 0 Å². The molecule has 2 aliphatic heterocycles. The third-order valence-corrected chi connectivity index (χ3v) is 14.8. The number of hydrogen-bond acceptors (Lipinski definition) is 10. The minimum Gasteiger partial charge on any atom is -0.382 e. The van der Waals surface area contributed by atoms with Crippen LogP contribution in [0.3, 0.4) is 0 Å². The molecule has 81 heavy (non-hydrogen) atoms. The normalized spacial score (nSPS) is 14.4. The van der Waals surface area contributed by atoms with Gasteiger partial charge in [0, 0.05) is 108 Å². The second kappa shape index (κ2) is 26.6. The second-order valence-electron chi connectivity index (χ2n) is 19.2. The lowest BCUT2D eigenvalue weighted by Gasteiger charge is -2.34. The predicted molar refractivity (Wildman–Crippen MR) is 314 cm³/mol. The molecule has 2 amide bonds. The number of aromatic amines is 2. The molecule has 0 bridgehead atoms. The number of piperazine rings is 2. The summed E-state index contributed by atoms with van der Waals surface area (Å²) in [7, 11) is 0. The number of fused-ring (bicyclic) bond motifs is 2. The lowest BCUT2D eigenvalue weighted by atomic mass is 10.0. The molecule has 8 aromatic rings. The van der Waals surface area contributed by atoms with Gasteiger partial charge in [0.15, 0.2) is 11.6 Å². The van der Waals surface area contributed by atoms with E-state index < -0.39 is 35.3 Å². The Morgan fingerprint density at radius 3 is 1.48 bits per heavy atom. The number of halogens is 7. The summed E-state index contributed by atoms with van der Waals surface area (Å²) >= 11 is 2.24. The maximum absolute atomic E-state index is 14.0. The van der Waals surface area contributed by atoms with Crippen LogP contribution in [0.15, 0.2) is 121 Å². The number of carbonyl (C=O) groups excluding carboxylic acids is 2. The van der Waals surface area contributed by atoms with Crippen LogP contribution < -0.4 is 22.1 Å². The minimum absolute atomic E-state index is 0.0791.